The summed E-state index contributed by atoms with van der Waals surface area (Å²) in [4.78, 5) is 3.02. The number of piperidine rings is 1. The predicted molar refractivity (Wildman–Crippen MR) is 82.9 cm³/mol. The molecular formula is C15H16ClNOS. The topological polar surface area (TPSA) is 12.5 Å². The van der Waals surface area contributed by atoms with E-state index >= 15 is 0 Å². The summed E-state index contributed by atoms with van der Waals surface area (Å²) in [7, 11) is 0. The molecule has 1 aliphatic rings. The van der Waals surface area contributed by atoms with E-state index in [0.29, 0.717) is 10.8 Å². The van der Waals surface area contributed by atoms with Crippen molar-refractivity contribution in [2.24, 2.45) is 0 Å². The van der Waals surface area contributed by atoms with Gasteiger partial charge in [0.15, 0.2) is 0 Å². The lowest BCUT2D eigenvalue weighted by molar-refractivity contribution is 0.343. The van der Waals surface area contributed by atoms with Gasteiger partial charge in [-0.2, -0.15) is 0 Å². The number of nitrogens with zero attached hydrogens (tertiary/aromatic N) is 1. The number of ether oxygens (including phenoxy) is 1. The average Bonchev–Trinajstić information content (AvgIpc) is 2.46. The SMILES string of the molecule is C#CCOc1ccc(Cl)cc1C(=S)N1CCCCC1. The molecule has 0 saturated carbocycles. The molecule has 1 aromatic carbocycles. The Hall–Kier alpha value is -1.24. The fraction of sp³-hybridized carbons (Fsp3) is 0.400. The van der Waals surface area contributed by atoms with E-state index in [9.17, 15) is 0 Å². The molecule has 19 heavy (non-hydrogen) atoms. The third kappa shape index (κ3) is 3.62. The second-order valence-electron chi connectivity index (χ2n) is 4.49. The molecule has 2 rings (SSSR count). The quantitative estimate of drug-likeness (QED) is 0.625. The summed E-state index contributed by atoms with van der Waals surface area (Å²) in [5.74, 6) is 3.17. The van der Waals surface area contributed by atoms with Crippen LogP contribution in [0.3, 0.4) is 0 Å². The molecule has 0 radical (unpaired) electrons. The smallest absolute Gasteiger partial charge is 0.148 e. The van der Waals surface area contributed by atoms with Gasteiger partial charge in [-0.05, 0) is 37.5 Å². The number of benzene rings is 1. The van der Waals surface area contributed by atoms with Crippen molar-refractivity contribution >= 4 is 28.8 Å². The first-order valence-corrected chi connectivity index (χ1v) is 7.16. The van der Waals surface area contributed by atoms with Crippen molar-refractivity contribution in [2.45, 2.75) is 19.3 Å². The maximum absolute atomic E-state index is 6.06. The van der Waals surface area contributed by atoms with Crippen LogP contribution in [-0.2, 0) is 0 Å². The molecule has 0 atom stereocenters. The zero-order valence-electron chi connectivity index (χ0n) is 10.7. The first-order valence-electron chi connectivity index (χ1n) is 6.37. The van der Waals surface area contributed by atoms with Crippen molar-refractivity contribution in [1.82, 2.24) is 4.90 Å². The molecular weight excluding hydrogens is 278 g/mol. The molecule has 100 valence electrons. The first-order chi connectivity index (χ1) is 9.22. The number of halogens is 1. The van der Waals surface area contributed by atoms with E-state index in [1.165, 1.54) is 19.3 Å². The Morgan fingerprint density at radius 1 is 1.37 bits per heavy atom. The van der Waals surface area contributed by atoms with Gasteiger partial charge in [0.2, 0.25) is 0 Å². The van der Waals surface area contributed by atoms with Crippen LogP contribution in [0.2, 0.25) is 5.02 Å². The van der Waals surface area contributed by atoms with E-state index in [0.717, 1.165) is 23.6 Å². The summed E-state index contributed by atoms with van der Waals surface area (Å²) >= 11 is 11.6. The van der Waals surface area contributed by atoms with Crippen molar-refractivity contribution in [3.8, 4) is 18.1 Å². The van der Waals surface area contributed by atoms with Crippen LogP contribution < -0.4 is 4.74 Å². The minimum absolute atomic E-state index is 0.233. The van der Waals surface area contributed by atoms with E-state index in [1.54, 1.807) is 6.07 Å². The van der Waals surface area contributed by atoms with Crippen LogP contribution in [0.15, 0.2) is 18.2 Å². The number of terminal acetylenes is 1. The lowest BCUT2D eigenvalue weighted by atomic mass is 10.1. The predicted octanol–water partition coefficient (Wildman–Crippen LogP) is 3.51. The molecule has 1 heterocycles. The molecule has 0 amide bonds. The standard InChI is InChI=1S/C15H16ClNOS/c1-2-10-18-14-7-6-12(16)11-13(14)15(19)17-8-4-3-5-9-17/h1,6-7,11H,3-5,8-10H2. The molecule has 0 N–H and O–H groups in total. The number of hydrogen-bond acceptors (Lipinski definition) is 2. The second-order valence-corrected chi connectivity index (χ2v) is 5.31. The van der Waals surface area contributed by atoms with Crippen molar-refractivity contribution < 1.29 is 4.74 Å². The van der Waals surface area contributed by atoms with Gasteiger partial charge in [-0.1, -0.05) is 29.7 Å². The second kappa shape index (κ2) is 6.79. The highest BCUT2D eigenvalue weighted by Crippen LogP contribution is 2.26. The minimum atomic E-state index is 0.233. The van der Waals surface area contributed by atoms with Crippen molar-refractivity contribution in [3.63, 3.8) is 0 Å². The maximum atomic E-state index is 6.06. The summed E-state index contributed by atoms with van der Waals surface area (Å²) in [5, 5.41) is 0.655. The third-order valence-corrected chi connectivity index (χ3v) is 3.84. The molecule has 1 aliphatic heterocycles. The summed E-state index contributed by atoms with van der Waals surface area (Å²) < 4.78 is 5.54. The number of rotatable bonds is 3. The normalized spacial score (nSPS) is 14.8. The van der Waals surface area contributed by atoms with E-state index in [1.807, 2.05) is 12.1 Å². The van der Waals surface area contributed by atoms with Crippen LogP contribution in [0, 0.1) is 12.3 Å². The first kappa shape index (κ1) is 14.2. The molecule has 0 unspecified atom stereocenters. The van der Waals surface area contributed by atoms with Crippen LogP contribution in [0.4, 0.5) is 0 Å². The summed E-state index contributed by atoms with van der Waals surface area (Å²) in [5.41, 5.74) is 0.861. The highest BCUT2D eigenvalue weighted by Gasteiger charge is 2.18. The van der Waals surface area contributed by atoms with E-state index in [4.69, 9.17) is 35.0 Å². The Kier molecular flexibility index (Phi) is 5.07. The average molecular weight is 294 g/mol. The Bertz CT molecular complexity index is 503. The van der Waals surface area contributed by atoms with Gasteiger partial charge in [-0.15, -0.1) is 6.42 Å². The van der Waals surface area contributed by atoms with Crippen molar-refractivity contribution in [2.75, 3.05) is 19.7 Å². The number of thiocarbonyl (C=S) groups is 1. The molecule has 2 nitrogen and oxygen atoms in total. The minimum Gasteiger partial charge on any atom is -0.480 e. The molecule has 4 heteroatoms. The molecule has 1 fully saturated rings. The molecule has 0 bridgehead atoms. The lowest BCUT2D eigenvalue weighted by Crippen LogP contribution is -2.35. The van der Waals surface area contributed by atoms with Gasteiger partial charge in [0.05, 0.1) is 5.56 Å². The molecule has 1 saturated heterocycles. The van der Waals surface area contributed by atoms with Crippen molar-refractivity contribution in [1.29, 1.82) is 0 Å². The van der Waals surface area contributed by atoms with Gasteiger partial charge < -0.3 is 9.64 Å². The molecule has 0 aliphatic carbocycles. The summed E-state index contributed by atoms with van der Waals surface area (Å²) in [6.45, 7) is 2.23. The Labute approximate surface area is 124 Å². The molecule has 0 aromatic heterocycles. The summed E-state index contributed by atoms with van der Waals surface area (Å²) in [6, 6.07) is 5.46. The van der Waals surface area contributed by atoms with E-state index < -0.39 is 0 Å². The van der Waals surface area contributed by atoms with Crippen LogP contribution in [-0.4, -0.2) is 29.6 Å². The van der Waals surface area contributed by atoms with Gasteiger partial charge in [0, 0.05) is 18.1 Å². The number of likely N-dealkylation sites (tertiary alicyclic amines) is 1. The lowest BCUT2D eigenvalue weighted by Gasteiger charge is -2.29. The van der Waals surface area contributed by atoms with Gasteiger partial charge in [-0.3, -0.25) is 0 Å². The summed E-state index contributed by atoms with van der Waals surface area (Å²) in [6.07, 6.45) is 8.87. The number of hydrogen-bond donors (Lipinski definition) is 0. The Balaban J connectivity index is 2.23. The van der Waals surface area contributed by atoms with Crippen LogP contribution in [0.1, 0.15) is 24.8 Å². The maximum Gasteiger partial charge on any atom is 0.148 e. The highest BCUT2D eigenvalue weighted by atomic mass is 35.5. The van der Waals surface area contributed by atoms with Gasteiger partial charge in [0.1, 0.15) is 17.3 Å². The fourth-order valence-electron chi connectivity index (χ4n) is 2.18. The largest absolute Gasteiger partial charge is 0.480 e. The van der Waals surface area contributed by atoms with Crippen molar-refractivity contribution in [3.05, 3.63) is 28.8 Å². The third-order valence-electron chi connectivity index (χ3n) is 3.13. The fourth-order valence-corrected chi connectivity index (χ4v) is 2.70. The van der Waals surface area contributed by atoms with Gasteiger partial charge in [0.25, 0.3) is 0 Å². The van der Waals surface area contributed by atoms with E-state index in [2.05, 4.69) is 10.8 Å². The van der Waals surface area contributed by atoms with Gasteiger partial charge >= 0.3 is 0 Å². The zero-order chi connectivity index (χ0) is 13.7. The molecule has 0 spiro atoms. The van der Waals surface area contributed by atoms with E-state index in [-0.39, 0.29) is 6.61 Å². The van der Waals surface area contributed by atoms with Crippen LogP contribution >= 0.6 is 23.8 Å². The Morgan fingerprint density at radius 2 is 2.11 bits per heavy atom. The van der Waals surface area contributed by atoms with Crippen LogP contribution in [0.25, 0.3) is 0 Å². The Morgan fingerprint density at radius 3 is 2.79 bits per heavy atom. The van der Waals surface area contributed by atoms with Gasteiger partial charge in [-0.25, -0.2) is 0 Å². The molecule has 1 aromatic rings. The highest BCUT2D eigenvalue weighted by molar-refractivity contribution is 7.80. The van der Waals surface area contributed by atoms with Crippen LogP contribution in [0.5, 0.6) is 5.75 Å². The monoisotopic (exact) mass is 293 g/mol. The zero-order valence-corrected chi connectivity index (χ0v) is 12.3.